The van der Waals surface area contributed by atoms with Crippen molar-refractivity contribution >= 4 is 21.6 Å². The predicted molar refractivity (Wildman–Crippen MR) is 124 cm³/mol. The molecule has 0 saturated carbocycles. The van der Waals surface area contributed by atoms with E-state index in [1.54, 1.807) is 0 Å². The fraction of sp³-hybridized carbons (Fsp3) is 0.208. The maximum atomic E-state index is 14.4. The molecule has 1 heterocycles. The molecule has 1 aliphatic rings. The Bertz CT molecular complexity index is 1450. The van der Waals surface area contributed by atoms with Gasteiger partial charge in [-0.05, 0) is 60.5 Å². The minimum Gasteiger partial charge on any atom is -0.486 e. The molecule has 0 fully saturated rings. The highest BCUT2D eigenvalue weighted by molar-refractivity contribution is 7.92. The number of nitrogens with zero attached hydrogens (tertiary/aromatic N) is 1. The van der Waals surface area contributed by atoms with Crippen LogP contribution in [-0.2, 0) is 21.0 Å². The summed E-state index contributed by atoms with van der Waals surface area (Å²) in [6.07, 6.45) is -5.71. The number of amides is 1. The molecule has 0 saturated heterocycles. The molecule has 196 valence electrons. The van der Waals surface area contributed by atoms with Crippen LogP contribution in [0.3, 0.4) is 0 Å². The molecule has 13 heteroatoms. The highest BCUT2D eigenvalue weighted by atomic mass is 32.2. The van der Waals surface area contributed by atoms with Crippen LogP contribution in [0.15, 0.2) is 65.6 Å². The Balaban J connectivity index is 1.82. The summed E-state index contributed by atoms with van der Waals surface area (Å²) < 4.78 is 102. The van der Waals surface area contributed by atoms with Gasteiger partial charge in [-0.2, -0.15) is 13.2 Å². The quantitative estimate of drug-likeness (QED) is 0.209. The maximum absolute atomic E-state index is 14.4. The number of halogens is 5. The smallest absolute Gasteiger partial charge is 0.416 e. The molecule has 3 aromatic carbocycles. The van der Waals surface area contributed by atoms with E-state index in [4.69, 9.17) is 10.6 Å². The van der Waals surface area contributed by atoms with Gasteiger partial charge in [-0.1, -0.05) is 12.1 Å². The third-order valence-corrected chi connectivity index (χ3v) is 7.51. The number of anilines is 1. The van der Waals surface area contributed by atoms with Gasteiger partial charge < -0.3 is 4.74 Å². The molecule has 0 radical (unpaired) electrons. The first kappa shape index (κ1) is 26.4. The molecule has 3 aromatic rings. The second-order valence-electron chi connectivity index (χ2n) is 8.21. The molecule has 1 aliphatic heterocycles. The summed E-state index contributed by atoms with van der Waals surface area (Å²) in [5.41, 5.74) is 0.668. The highest BCUT2D eigenvalue weighted by Gasteiger charge is 2.37. The molecule has 0 spiro atoms. The number of hydrogen-bond donors (Lipinski definition) is 2. The Kier molecular flexibility index (Phi) is 7.11. The van der Waals surface area contributed by atoms with Crippen LogP contribution in [0.25, 0.3) is 11.1 Å². The zero-order chi connectivity index (χ0) is 27.0. The van der Waals surface area contributed by atoms with Crippen molar-refractivity contribution in [2.75, 3.05) is 10.8 Å². The van der Waals surface area contributed by atoms with Crippen molar-refractivity contribution in [3.8, 4) is 16.9 Å². The lowest BCUT2D eigenvalue weighted by atomic mass is 10.0. The van der Waals surface area contributed by atoms with Crippen LogP contribution < -0.4 is 20.3 Å². The first-order valence-corrected chi connectivity index (χ1v) is 12.3. The lowest BCUT2D eigenvalue weighted by Gasteiger charge is -2.36. The van der Waals surface area contributed by atoms with Gasteiger partial charge in [-0.15, -0.1) is 0 Å². The van der Waals surface area contributed by atoms with E-state index < -0.39 is 50.3 Å². The number of alkyl halides is 3. The van der Waals surface area contributed by atoms with Gasteiger partial charge in [0.2, 0.25) is 5.91 Å². The number of hydrazine groups is 1. The van der Waals surface area contributed by atoms with Gasteiger partial charge in [-0.25, -0.2) is 23.0 Å². The molecule has 1 unspecified atom stereocenters. The van der Waals surface area contributed by atoms with E-state index in [1.165, 1.54) is 18.2 Å². The number of rotatable bonds is 6. The Hall–Kier alpha value is -3.71. The molecule has 7 nitrogen and oxygen atoms in total. The summed E-state index contributed by atoms with van der Waals surface area (Å²) in [7, 11) is -4.59. The number of carbonyl (C=O) groups is 1. The van der Waals surface area contributed by atoms with Gasteiger partial charge in [0, 0.05) is 12.0 Å². The van der Waals surface area contributed by atoms with Crippen molar-refractivity contribution in [3.63, 3.8) is 0 Å². The van der Waals surface area contributed by atoms with Gasteiger partial charge in [0.1, 0.15) is 23.5 Å². The molecular weight excluding hydrogens is 521 g/mol. The minimum absolute atomic E-state index is 0.0283. The predicted octanol–water partition coefficient (Wildman–Crippen LogP) is 4.38. The molecule has 0 bridgehead atoms. The van der Waals surface area contributed by atoms with Crippen LogP contribution in [0.2, 0.25) is 0 Å². The van der Waals surface area contributed by atoms with Crippen LogP contribution >= 0.6 is 0 Å². The number of sulfonamides is 1. The van der Waals surface area contributed by atoms with Gasteiger partial charge in [0.25, 0.3) is 10.0 Å². The summed E-state index contributed by atoms with van der Waals surface area (Å²) >= 11 is 0. The van der Waals surface area contributed by atoms with Crippen LogP contribution in [0.5, 0.6) is 5.75 Å². The fourth-order valence-electron chi connectivity index (χ4n) is 3.90. The first-order valence-electron chi connectivity index (χ1n) is 10.9. The van der Waals surface area contributed by atoms with E-state index in [-0.39, 0.29) is 42.0 Å². The lowest BCUT2D eigenvalue weighted by Crippen LogP contribution is -2.44. The lowest BCUT2D eigenvalue weighted by molar-refractivity contribution is -0.137. The van der Waals surface area contributed by atoms with Gasteiger partial charge in [0.15, 0.2) is 0 Å². The number of nitrogens with two attached hydrogens (primary N) is 1. The SMILES string of the molecule is NNC(=O)CCC1CN(S(=O)(=O)c2cccc(C(F)(F)F)c2)c2cc(-c3cc(F)ccc3F)ccc2O1. The van der Waals surface area contributed by atoms with Crippen LogP contribution in [-0.4, -0.2) is 27.0 Å². The normalized spacial score (nSPS) is 15.6. The molecule has 0 aromatic heterocycles. The standard InChI is InChI=1S/C24H20F5N3O4S/c25-16-5-7-20(26)19(12-16)14-4-8-22-21(10-14)32(13-17(36-22)6-9-23(33)31-30)37(34,35)18-3-1-2-15(11-18)24(27,28)29/h1-5,7-8,10-12,17H,6,9,13,30H2,(H,31,33). The average molecular weight is 541 g/mol. The van der Waals surface area contributed by atoms with Crippen molar-refractivity contribution in [1.29, 1.82) is 0 Å². The van der Waals surface area contributed by atoms with Gasteiger partial charge >= 0.3 is 6.18 Å². The van der Waals surface area contributed by atoms with E-state index >= 15 is 0 Å². The molecule has 1 atom stereocenters. The van der Waals surface area contributed by atoms with E-state index in [9.17, 15) is 35.2 Å². The van der Waals surface area contributed by atoms with E-state index in [2.05, 4.69) is 0 Å². The van der Waals surface area contributed by atoms with Crippen molar-refractivity contribution in [2.45, 2.75) is 30.0 Å². The van der Waals surface area contributed by atoms with Crippen molar-refractivity contribution < 1.29 is 39.9 Å². The molecule has 1 amide bonds. The van der Waals surface area contributed by atoms with Gasteiger partial charge in [-0.3, -0.25) is 14.5 Å². The number of fused-ring (bicyclic) bond motifs is 1. The number of carbonyl (C=O) groups excluding carboxylic acids is 1. The van der Waals surface area contributed by atoms with Crippen LogP contribution in [0.4, 0.5) is 27.6 Å². The first-order chi connectivity index (χ1) is 17.4. The highest BCUT2D eigenvalue weighted by Crippen LogP contribution is 2.41. The van der Waals surface area contributed by atoms with E-state index in [0.717, 1.165) is 40.7 Å². The summed E-state index contributed by atoms with van der Waals surface area (Å²) in [5, 5.41) is 0. The van der Waals surface area contributed by atoms with Crippen molar-refractivity contribution in [3.05, 3.63) is 77.9 Å². The largest absolute Gasteiger partial charge is 0.486 e. The summed E-state index contributed by atoms with van der Waals surface area (Å²) in [6.45, 7) is -0.363. The molecule has 4 rings (SSSR count). The monoisotopic (exact) mass is 541 g/mol. The number of ether oxygens (including phenoxy) is 1. The summed E-state index contributed by atoms with van der Waals surface area (Å²) in [6, 6.07) is 10.00. The molecule has 37 heavy (non-hydrogen) atoms. The topological polar surface area (TPSA) is 102 Å². The molecular formula is C24H20F5N3O4S. The third kappa shape index (κ3) is 5.52. The van der Waals surface area contributed by atoms with Crippen LogP contribution in [0.1, 0.15) is 18.4 Å². The summed E-state index contributed by atoms with van der Waals surface area (Å²) in [4.78, 5) is 11.0. The zero-order valence-corrected chi connectivity index (χ0v) is 19.7. The second-order valence-corrected chi connectivity index (χ2v) is 10.1. The third-order valence-electron chi connectivity index (χ3n) is 5.73. The maximum Gasteiger partial charge on any atom is 0.416 e. The Morgan fingerprint density at radius 3 is 2.54 bits per heavy atom. The summed E-state index contributed by atoms with van der Waals surface area (Å²) in [5.74, 6) is 3.09. The number of benzene rings is 3. The fourth-order valence-corrected chi connectivity index (χ4v) is 5.45. The number of hydrogen-bond acceptors (Lipinski definition) is 5. The number of nitrogens with one attached hydrogen (secondary N) is 1. The zero-order valence-electron chi connectivity index (χ0n) is 18.9. The Morgan fingerprint density at radius 1 is 1.08 bits per heavy atom. The average Bonchev–Trinajstić information content (AvgIpc) is 2.87. The molecule has 0 aliphatic carbocycles. The Morgan fingerprint density at radius 2 is 1.84 bits per heavy atom. The minimum atomic E-state index is -4.78. The van der Waals surface area contributed by atoms with E-state index in [1.807, 2.05) is 5.43 Å². The second kappa shape index (κ2) is 9.98. The van der Waals surface area contributed by atoms with E-state index in [0.29, 0.717) is 6.07 Å². The van der Waals surface area contributed by atoms with Crippen molar-refractivity contribution in [2.24, 2.45) is 5.84 Å². The van der Waals surface area contributed by atoms with Gasteiger partial charge in [0.05, 0.1) is 22.7 Å². The van der Waals surface area contributed by atoms with Crippen LogP contribution in [0, 0.1) is 11.6 Å². The molecule has 3 N–H and O–H groups in total. The van der Waals surface area contributed by atoms with Crippen molar-refractivity contribution in [1.82, 2.24) is 5.43 Å². The Labute approximate surface area is 208 Å².